The molecule has 5 rings (SSSR count). The zero-order chi connectivity index (χ0) is 22.9. The Morgan fingerprint density at radius 2 is 2.12 bits per heavy atom. The maximum absolute atomic E-state index is 13.5. The number of thiophene rings is 1. The van der Waals surface area contributed by atoms with Crippen molar-refractivity contribution < 1.29 is 18.7 Å². The molecule has 1 atom stereocenters. The molecule has 33 heavy (non-hydrogen) atoms. The number of morpholine rings is 1. The van der Waals surface area contributed by atoms with E-state index in [1.54, 1.807) is 24.5 Å². The van der Waals surface area contributed by atoms with Gasteiger partial charge in [0.15, 0.2) is 10.7 Å². The lowest BCUT2D eigenvalue weighted by molar-refractivity contribution is -0.139. The summed E-state index contributed by atoms with van der Waals surface area (Å²) in [6, 6.07) is 7.03. The first-order valence-electron chi connectivity index (χ1n) is 10.7. The van der Waals surface area contributed by atoms with Crippen LogP contribution in [-0.2, 0) is 14.3 Å². The lowest BCUT2D eigenvalue weighted by atomic mass is 10.0. The highest BCUT2D eigenvalue weighted by atomic mass is 32.1. The molecular weight excluding hydrogens is 462 g/mol. The predicted molar refractivity (Wildman–Crippen MR) is 126 cm³/mol. The molecule has 3 aromatic heterocycles. The third kappa shape index (κ3) is 4.09. The fourth-order valence-electron chi connectivity index (χ4n) is 4.01. The number of allylic oxidation sites excluding steroid dienone is 1. The number of carbonyl (C=O) groups excluding carboxylic acids is 1. The van der Waals surface area contributed by atoms with Crippen LogP contribution in [0.5, 0.6) is 0 Å². The van der Waals surface area contributed by atoms with Crippen molar-refractivity contribution in [3.63, 3.8) is 0 Å². The molecule has 0 aliphatic carbocycles. The first-order chi connectivity index (χ1) is 16.1. The molecule has 0 radical (unpaired) electrons. The SMILES string of the molecule is CCOC(=O)C1=C(C)N=c2s/c(=C\c3ccc(N4CCOCC4)o3)c(=O)n2C1c1cccs1. The van der Waals surface area contributed by atoms with E-state index in [0.29, 0.717) is 39.6 Å². The molecule has 0 saturated carbocycles. The zero-order valence-corrected chi connectivity index (χ0v) is 19.9. The smallest absolute Gasteiger partial charge is 0.338 e. The number of ether oxygens (including phenoxy) is 2. The predicted octanol–water partition coefficient (Wildman–Crippen LogP) is 2.29. The zero-order valence-electron chi connectivity index (χ0n) is 18.3. The van der Waals surface area contributed by atoms with Crippen molar-refractivity contribution in [2.75, 3.05) is 37.8 Å². The fraction of sp³-hybridized carbons (Fsp3) is 0.348. The Labute approximate surface area is 197 Å². The van der Waals surface area contributed by atoms with Gasteiger partial charge in [0.05, 0.1) is 35.6 Å². The molecule has 3 aromatic rings. The van der Waals surface area contributed by atoms with E-state index >= 15 is 0 Å². The Balaban J connectivity index is 1.58. The third-order valence-electron chi connectivity index (χ3n) is 5.54. The van der Waals surface area contributed by atoms with Crippen LogP contribution in [0.3, 0.4) is 0 Å². The van der Waals surface area contributed by atoms with Gasteiger partial charge in [-0.1, -0.05) is 17.4 Å². The quantitative estimate of drug-likeness (QED) is 0.516. The van der Waals surface area contributed by atoms with E-state index in [1.165, 1.54) is 22.7 Å². The molecular formula is C23H23N3O5S2. The second kappa shape index (κ2) is 9.12. The number of thiazole rings is 1. The Hall–Kier alpha value is -2.95. The minimum atomic E-state index is -0.567. The monoisotopic (exact) mass is 485 g/mol. The van der Waals surface area contributed by atoms with Crippen LogP contribution >= 0.6 is 22.7 Å². The molecule has 0 amide bonds. The van der Waals surface area contributed by atoms with Crippen LogP contribution in [0.4, 0.5) is 5.88 Å². The largest absolute Gasteiger partial charge is 0.463 e. The molecule has 1 fully saturated rings. The van der Waals surface area contributed by atoms with Gasteiger partial charge >= 0.3 is 5.97 Å². The summed E-state index contributed by atoms with van der Waals surface area (Å²) in [5.41, 5.74) is 0.744. The molecule has 8 nitrogen and oxygen atoms in total. The Bertz CT molecular complexity index is 1370. The third-order valence-corrected chi connectivity index (χ3v) is 7.45. The molecule has 172 valence electrons. The molecule has 1 saturated heterocycles. The summed E-state index contributed by atoms with van der Waals surface area (Å²) in [6.45, 7) is 6.67. The van der Waals surface area contributed by atoms with Gasteiger partial charge in [0.25, 0.3) is 5.56 Å². The van der Waals surface area contributed by atoms with Crippen LogP contribution in [0.1, 0.15) is 30.5 Å². The molecule has 2 aliphatic heterocycles. The van der Waals surface area contributed by atoms with Gasteiger partial charge in [-0.2, -0.15) is 0 Å². The number of hydrogen-bond acceptors (Lipinski definition) is 9. The molecule has 0 aromatic carbocycles. The number of anilines is 1. The summed E-state index contributed by atoms with van der Waals surface area (Å²) in [7, 11) is 0. The standard InChI is InChI=1S/C23H23N3O5S2/c1-3-30-22(28)19-14(2)24-23-26(20(19)16-5-4-12-32-16)21(27)17(33-23)13-15-6-7-18(31-15)25-8-10-29-11-9-25/h4-7,12-13,20H,3,8-11H2,1-2H3/b17-13-. The Morgan fingerprint density at radius 3 is 2.85 bits per heavy atom. The minimum Gasteiger partial charge on any atom is -0.463 e. The summed E-state index contributed by atoms with van der Waals surface area (Å²) >= 11 is 2.78. The first kappa shape index (κ1) is 21.9. The van der Waals surface area contributed by atoms with Gasteiger partial charge in [0.1, 0.15) is 11.8 Å². The van der Waals surface area contributed by atoms with Gasteiger partial charge in [-0.15, -0.1) is 11.3 Å². The van der Waals surface area contributed by atoms with E-state index in [2.05, 4.69) is 9.89 Å². The maximum atomic E-state index is 13.5. The van der Waals surface area contributed by atoms with Crippen molar-refractivity contribution in [2.24, 2.45) is 4.99 Å². The molecule has 10 heteroatoms. The van der Waals surface area contributed by atoms with Gasteiger partial charge < -0.3 is 18.8 Å². The minimum absolute atomic E-state index is 0.212. The number of nitrogens with zero attached hydrogens (tertiary/aromatic N) is 3. The molecule has 0 bridgehead atoms. The highest BCUT2D eigenvalue weighted by Gasteiger charge is 2.33. The van der Waals surface area contributed by atoms with Crippen LogP contribution in [0.25, 0.3) is 6.08 Å². The number of furan rings is 1. The van der Waals surface area contributed by atoms with Crippen molar-refractivity contribution in [1.82, 2.24) is 4.57 Å². The second-order valence-electron chi connectivity index (χ2n) is 7.59. The van der Waals surface area contributed by atoms with Crippen LogP contribution in [0.2, 0.25) is 0 Å². The van der Waals surface area contributed by atoms with Crippen molar-refractivity contribution in [2.45, 2.75) is 19.9 Å². The van der Waals surface area contributed by atoms with E-state index in [1.807, 2.05) is 29.6 Å². The van der Waals surface area contributed by atoms with Crippen molar-refractivity contribution in [1.29, 1.82) is 0 Å². The topological polar surface area (TPSA) is 86.3 Å². The number of carbonyl (C=O) groups is 1. The van der Waals surface area contributed by atoms with Gasteiger partial charge in [-0.3, -0.25) is 9.36 Å². The van der Waals surface area contributed by atoms with E-state index in [-0.39, 0.29) is 12.2 Å². The van der Waals surface area contributed by atoms with Crippen LogP contribution in [0, 0.1) is 0 Å². The van der Waals surface area contributed by atoms with Gasteiger partial charge in [-0.25, -0.2) is 9.79 Å². The number of hydrogen-bond donors (Lipinski definition) is 0. The number of esters is 1. The normalized spacial score (nSPS) is 18.9. The average Bonchev–Trinajstić information content (AvgIpc) is 3.56. The molecule has 0 spiro atoms. The summed E-state index contributed by atoms with van der Waals surface area (Å²) in [6.07, 6.45) is 1.74. The lowest BCUT2D eigenvalue weighted by Crippen LogP contribution is -2.39. The summed E-state index contributed by atoms with van der Waals surface area (Å²) in [5, 5.41) is 1.93. The summed E-state index contributed by atoms with van der Waals surface area (Å²) in [4.78, 5) is 34.4. The van der Waals surface area contributed by atoms with E-state index < -0.39 is 12.0 Å². The van der Waals surface area contributed by atoms with Crippen molar-refractivity contribution in [3.8, 4) is 0 Å². The number of aromatic nitrogens is 1. The molecule has 1 unspecified atom stereocenters. The Morgan fingerprint density at radius 1 is 1.30 bits per heavy atom. The maximum Gasteiger partial charge on any atom is 0.338 e. The molecule has 0 N–H and O–H groups in total. The van der Waals surface area contributed by atoms with Crippen molar-refractivity contribution >= 4 is 40.6 Å². The van der Waals surface area contributed by atoms with E-state index in [9.17, 15) is 9.59 Å². The second-order valence-corrected chi connectivity index (χ2v) is 9.58. The highest BCUT2D eigenvalue weighted by molar-refractivity contribution is 7.10. The van der Waals surface area contributed by atoms with Gasteiger partial charge in [-0.05, 0) is 31.4 Å². The van der Waals surface area contributed by atoms with Crippen LogP contribution in [0.15, 0.2) is 55.1 Å². The van der Waals surface area contributed by atoms with Crippen LogP contribution in [-0.4, -0.2) is 43.4 Å². The molecule has 5 heterocycles. The van der Waals surface area contributed by atoms with Crippen molar-refractivity contribution in [3.05, 3.63) is 71.2 Å². The van der Waals surface area contributed by atoms with Gasteiger partial charge in [0.2, 0.25) is 0 Å². The average molecular weight is 486 g/mol. The Kier molecular flexibility index (Phi) is 6.05. The van der Waals surface area contributed by atoms with Crippen LogP contribution < -0.4 is 19.8 Å². The fourth-order valence-corrected chi connectivity index (χ4v) is 5.86. The first-order valence-corrected chi connectivity index (χ1v) is 12.4. The van der Waals surface area contributed by atoms with E-state index in [4.69, 9.17) is 13.9 Å². The van der Waals surface area contributed by atoms with E-state index in [0.717, 1.165) is 23.9 Å². The highest BCUT2D eigenvalue weighted by Crippen LogP contribution is 2.33. The number of fused-ring (bicyclic) bond motifs is 1. The summed E-state index contributed by atoms with van der Waals surface area (Å²) < 4.78 is 18.8. The van der Waals surface area contributed by atoms with Gasteiger partial charge in [0, 0.05) is 30.1 Å². The summed E-state index contributed by atoms with van der Waals surface area (Å²) in [5.74, 6) is 0.901. The lowest BCUT2D eigenvalue weighted by Gasteiger charge is -2.26. The molecule has 2 aliphatic rings. The number of rotatable bonds is 5.